The van der Waals surface area contributed by atoms with E-state index in [1.807, 2.05) is 25.1 Å². The van der Waals surface area contributed by atoms with Gasteiger partial charge < -0.3 is 21.3 Å². The Morgan fingerprint density at radius 3 is 2.37 bits per heavy atom. The van der Waals surface area contributed by atoms with Crippen LogP contribution in [0.4, 0.5) is 5.69 Å². The molecule has 2 amide bonds. The van der Waals surface area contributed by atoms with E-state index >= 15 is 0 Å². The molecule has 2 atom stereocenters. The number of benzene rings is 1. The van der Waals surface area contributed by atoms with Gasteiger partial charge in [-0.25, -0.2) is 0 Å². The smallest absolute Gasteiger partial charge is 0.248 e. The molecule has 27 heavy (non-hydrogen) atoms. The summed E-state index contributed by atoms with van der Waals surface area (Å²) in [5, 5.41) is 6.62. The third-order valence-corrected chi connectivity index (χ3v) is 5.20. The number of amides is 2. The lowest BCUT2D eigenvalue weighted by molar-refractivity contribution is -0.117. The molecule has 2 bridgehead atoms. The van der Waals surface area contributed by atoms with Crippen molar-refractivity contribution in [2.24, 2.45) is 11.7 Å². The van der Waals surface area contributed by atoms with Crippen LogP contribution in [0.2, 0.25) is 0 Å². The molecule has 2 saturated heterocycles. The first kappa shape index (κ1) is 23.7. The van der Waals surface area contributed by atoms with Gasteiger partial charge in [-0.3, -0.25) is 9.59 Å². The molecule has 152 valence electrons. The largest absolute Gasteiger partial charge is 0.366 e. The minimum atomic E-state index is -0.484. The number of hydrogen-bond acceptors (Lipinski definition) is 4. The second kappa shape index (κ2) is 10.3. The second-order valence-electron chi connectivity index (χ2n) is 7.70. The molecule has 2 unspecified atom stereocenters. The molecule has 0 spiro atoms. The Labute approximate surface area is 173 Å². The summed E-state index contributed by atoms with van der Waals surface area (Å²) < 4.78 is 0. The molecule has 0 radical (unpaired) electrons. The van der Waals surface area contributed by atoms with Crippen molar-refractivity contribution < 1.29 is 9.59 Å². The quantitative estimate of drug-likeness (QED) is 0.664. The van der Waals surface area contributed by atoms with E-state index < -0.39 is 5.91 Å². The zero-order chi connectivity index (χ0) is 18.0. The molecule has 2 aliphatic heterocycles. The van der Waals surface area contributed by atoms with Crippen LogP contribution in [0.25, 0.3) is 0 Å². The maximum Gasteiger partial charge on any atom is 0.248 e. The summed E-state index contributed by atoms with van der Waals surface area (Å²) in [7, 11) is 3.94. The van der Waals surface area contributed by atoms with Crippen molar-refractivity contribution in [3.05, 3.63) is 29.3 Å². The van der Waals surface area contributed by atoms with Crippen LogP contribution >= 0.6 is 24.8 Å². The third kappa shape index (κ3) is 6.35. The zero-order valence-corrected chi connectivity index (χ0v) is 17.5. The van der Waals surface area contributed by atoms with Gasteiger partial charge in [0.15, 0.2) is 0 Å². The van der Waals surface area contributed by atoms with Crippen molar-refractivity contribution in [3.8, 4) is 0 Å². The molecule has 2 aliphatic rings. The van der Waals surface area contributed by atoms with Crippen LogP contribution in [0, 0.1) is 5.92 Å². The summed E-state index contributed by atoms with van der Waals surface area (Å²) in [5.74, 6) is -0.0230. The molecule has 6 nitrogen and oxygen atoms in total. The van der Waals surface area contributed by atoms with E-state index in [1.54, 1.807) is 12.1 Å². The van der Waals surface area contributed by atoms with Crippen LogP contribution in [0.1, 0.15) is 48.0 Å². The highest BCUT2D eigenvalue weighted by molar-refractivity contribution is 5.97. The van der Waals surface area contributed by atoms with Crippen LogP contribution < -0.4 is 16.4 Å². The topological polar surface area (TPSA) is 87.5 Å². The fourth-order valence-corrected chi connectivity index (χ4v) is 4.13. The molecule has 0 aromatic heterocycles. The fraction of sp³-hybridized carbons (Fsp3) is 0.579. The van der Waals surface area contributed by atoms with Gasteiger partial charge in [0, 0.05) is 36.3 Å². The summed E-state index contributed by atoms with van der Waals surface area (Å²) in [6.07, 6.45) is 5.16. The lowest BCUT2D eigenvalue weighted by atomic mass is 9.89. The summed E-state index contributed by atoms with van der Waals surface area (Å²) in [5.41, 5.74) is 7.46. The summed E-state index contributed by atoms with van der Waals surface area (Å²) in [4.78, 5) is 26.1. The van der Waals surface area contributed by atoms with E-state index in [-0.39, 0.29) is 30.7 Å². The number of halogens is 2. The molecular formula is C19H30Cl2N4O2. The van der Waals surface area contributed by atoms with Gasteiger partial charge in [0.1, 0.15) is 0 Å². The Kier molecular flexibility index (Phi) is 9.02. The normalized spacial score (nSPS) is 23.3. The van der Waals surface area contributed by atoms with Crippen molar-refractivity contribution in [2.75, 3.05) is 19.4 Å². The maximum absolute atomic E-state index is 12.6. The van der Waals surface area contributed by atoms with Crippen LogP contribution in [0.5, 0.6) is 0 Å². The fourth-order valence-electron chi connectivity index (χ4n) is 4.13. The van der Waals surface area contributed by atoms with Crippen LogP contribution in [-0.4, -0.2) is 42.9 Å². The zero-order valence-electron chi connectivity index (χ0n) is 15.9. The van der Waals surface area contributed by atoms with Crippen molar-refractivity contribution in [1.29, 1.82) is 0 Å². The van der Waals surface area contributed by atoms with Crippen molar-refractivity contribution in [2.45, 2.75) is 50.7 Å². The average Bonchev–Trinajstić information content (AvgIpc) is 2.87. The second-order valence-corrected chi connectivity index (χ2v) is 7.70. The number of primary amides is 1. The number of carbonyl (C=O) groups excluding carboxylic acids is 2. The standard InChI is InChI=1S/C19H28N4O2.2ClH/c1-23(2)11-14-4-3-13(19(20)25)10-17(14)22-18(24)9-12-7-15-5-6-16(8-12)21-15;;/h3-4,10,12,15-16,21H,5-9,11H2,1-2H3,(H2,20,25)(H,22,24);2*1H. The molecule has 2 fully saturated rings. The minimum absolute atomic E-state index is 0. The summed E-state index contributed by atoms with van der Waals surface area (Å²) in [6.45, 7) is 0.687. The highest BCUT2D eigenvalue weighted by Crippen LogP contribution is 2.33. The molecule has 1 aromatic carbocycles. The first-order valence-electron chi connectivity index (χ1n) is 9.04. The van der Waals surface area contributed by atoms with E-state index in [0.717, 1.165) is 18.4 Å². The molecule has 2 heterocycles. The molecule has 1 aromatic rings. The highest BCUT2D eigenvalue weighted by atomic mass is 35.5. The molecule has 4 N–H and O–H groups in total. The first-order valence-corrected chi connectivity index (χ1v) is 9.04. The molecule has 0 aliphatic carbocycles. The van der Waals surface area contributed by atoms with Crippen molar-refractivity contribution in [1.82, 2.24) is 10.2 Å². The van der Waals surface area contributed by atoms with Crippen LogP contribution in [0.3, 0.4) is 0 Å². The minimum Gasteiger partial charge on any atom is -0.366 e. The van der Waals surface area contributed by atoms with Gasteiger partial charge in [0.2, 0.25) is 11.8 Å². The number of hydrogen-bond donors (Lipinski definition) is 3. The Balaban J connectivity index is 0.00000182. The highest BCUT2D eigenvalue weighted by Gasteiger charge is 2.34. The molecular weight excluding hydrogens is 387 g/mol. The van der Waals surface area contributed by atoms with Gasteiger partial charge >= 0.3 is 0 Å². The number of anilines is 1. The third-order valence-electron chi connectivity index (χ3n) is 5.20. The summed E-state index contributed by atoms with van der Waals surface area (Å²) in [6, 6.07) is 6.42. The number of carbonyl (C=O) groups is 2. The van der Waals surface area contributed by atoms with Gasteiger partial charge in [-0.1, -0.05) is 6.07 Å². The Morgan fingerprint density at radius 2 is 1.81 bits per heavy atom. The number of nitrogens with two attached hydrogens (primary N) is 1. The van der Waals surface area contributed by atoms with Gasteiger partial charge in [0.25, 0.3) is 0 Å². The number of nitrogens with zero attached hydrogens (tertiary/aromatic N) is 1. The number of rotatable bonds is 6. The maximum atomic E-state index is 12.6. The Hall–Kier alpha value is -1.34. The number of nitrogens with one attached hydrogen (secondary N) is 2. The predicted octanol–water partition coefficient (Wildman–Crippen LogP) is 2.55. The first-order chi connectivity index (χ1) is 11.9. The Bertz CT molecular complexity index is 657. The average molecular weight is 417 g/mol. The van der Waals surface area contributed by atoms with Crippen LogP contribution in [-0.2, 0) is 11.3 Å². The molecule has 0 saturated carbocycles. The summed E-state index contributed by atoms with van der Waals surface area (Å²) >= 11 is 0. The number of piperidine rings is 1. The van der Waals surface area contributed by atoms with E-state index in [9.17, 15) is 9.59 Å². The predicted molar refractivity (Wildman–Crippen MR) is 113 cm³/mol. The Morgan fingerprint density at radius 1 is 1.19 bits per heavy atom. The van der Waals surface area contributed by atoms with Gasteiger partial charge in [0.05, 0.1) is 0 Å². The van der Waals surface area contributed by atoms with E-state index in [4.69, 9.17) is 5.73 Å². The van der Waals surface area contributed by atoms with Crippen molar-refractivity contribution >= 4 is 42.3 Å². The SMILES string of the molecule is CN(C)Cc1ccc(C(N)=O)cc1NC(=O)CC1CC2CCC(C1)N2.Cl.Cl. The van der Waals surface area contributed by atoms with Crippen molar-refractivity contribution in [3.63, 3.8) is 0 Å². The lowest BCUT2D eigenvalue weighted by Gasteiger charge is -2.28. The van der Waals surface area contributed by atoms with Gasteiger partial charge in [-0.15, -0.1) is 24.8 Å². The molecule has 8 heteroatoms. The van der Waals surface area contributed by atoms with Gasteiger partial charge in [-0.2, -0.15) is 0 Å². The monoisotopic (exact) mass is 416 g/mol. The number of fused-ring (bicyclic) bond motifs is 2. The molecule has 3 rings (SSSR count). The van der Waals surface area contributed by atoms with Gasteiger partial charge in [-0.05, 0) is 63.4 Å². The van der Waals surface area contributed by atoms with E-state index in [1.165, 1.54) is 12.8 Å². The van der Waals surface area contributed by atoms with E-state index in [2.05, 4.69) is 10.6 Å². The lowest BCUT2D eigenvalue weighted by Crippen LogP contribution is -2.39. The van der Waals surface area contributed by atoms with Crippen LogP contribution in [0.15, 0.2) is 18.2 Å². The van der Waals surface area contributed by atoms with E-state index in [0.29, 0.717) is 42.2 Å².